The van der Waals surface area contributed by atoms with Crippen LogP contribution in [-0.2, 0) is 0 Å². The zero-order valence-electron chi connectivity index (χ0n) is 14.0. The van der Waals surface area contributed by atoms with Gasteiger partial charge in [-0.1, -0.05) is 19.9 Å². The third-order valence-electron chi connectivity index (χ3n) is 3.76. The van der Waals surface area contributed by atoms with E-state index in [2.05, 4.69) is 29.4 Å². The number of carbonyl (C=O) groups excluding carboxylic acids is 2. The number of benzene rings is 1. The van der Waals surface area contributed by atoms with E-state index in [1.165, 1.54) is 11.3 Å². The van der Waals surface area contributed by atoms with Gasteiger partial charge >= 0.3 is 0 Å². The van der Waals surface area contributed by atoms with Crippen LogP contribution in [0.3, 0.4) is 0 Å². The van der Waals surface area contributed by atoms with Gasteiger partial charge in [-0.05, 0) is 48.8 Å². The average molecular weight is 345 g/mol. The molecule has 5 nitrogen and oxygen atoms in total. The van der Waals surface area contributed by atoms with Gasteiger partial charge < -0.3 is 15.5 Å². The van der Waals surface area contributed by atoms with Gasteiger partial charge in [-0.2, -0.15) is 0 Å². The fraction of sp³-hybridized carbons (Fsp3) is 0.333. The molecule has 0 aliphatic rings. The zero-order chi connectivity index (χ0) is 17.4. The van der Waals surface area contributed by atoms with E-state index in [0.29, 0.717) is 22.7 Å². The molecule has 0 atom stereocenters. The number of hydrogen-bond acceptors (Lipinski definition) is 4. The van der Waals surface area contributed by atoms with Crippen molar-refractivity contribution in [1.82, 2.24) is 10.2 Å². The molecule has 1 heterocycles. The number of thiophene rings is 1. The molecule has 1 aromatic carbocycles. The van der Waals surface area contributed by atoms with Gasteiger partial charge in [-0.15, -0.1) is 11.3 Å². The lowest BCUT2D eigenvalue weighted by Crippen LogP contribution is -2.34. The van der Waals surface area contributed by atoms with Crippen LogP contribution >= 0.6 is 11.3 Å². The number of nitrogens with zero attached hydrogens (tertiary/aromatic N) is 1. The monoisotopic (exact) mass is 345 g/mol. The summed E-state index contributed by atoms with van der Waals surface area (Å²) in [5.41, 5.74) is 1.26. The molecule has 6 heteroatoms. The minimum atomic E-state index is -0.138. The van der Waals surface area contributed by atoms with E-state index in [1.54, 1.807) is 30.3 Å². The lowest BCUT2D eigenvalue weighted by atomic mass is 10.2. The van der Waals surface area contributed by atoms with Crippen molar-refractivity contribution in [2.24, 2.45) is 0 Å². The van der Waals surface area contributed by atoms with Crippen LogP contribution in [0.5, 0.6) is 0 Å². The van der Waals surface area contributed by atoms with Crippen molar-refractivity contribution in [2.75, 3.05) is 31.5 Å². The Morgan fingerprint density at radius 1 is 1.04 bits per heavy atom. The van der Waals surface area contributed by atoms with Gasteiger partial charge in [0.25, 0.3) is 11.8 Å². The minimum Gasteiger partial charge on any atom is -0.351 e. The van der Waals surface area contributed by atoms with Crippen LogP contribution in [0.2, 0.25) is 0 Å². The molecule has 0 fully saturated rings. The van der Waals surface area contributed by atoms with Crippen molar-refractivity contribution in [1.29, 1.82) is 0 Å². The van der Waals surface area contributed by atoms with E-state index in [9.17, 15) is 9.59 Å². The van der Waals surface area contributed by atoms with Crippen LogP contribution in [0.25, 0.3) is 0 Å². The summed E-state index contributed by atoms with van der Waals surface area (Å²) in [4.78, 5) is 27.0. The maximum atomic E-state index is 12.1. The number of anilines is 1. The van der Waals surface area contributed by atoms with Crippen molar-refractivity contribution in [3.8, 4) is 0 Å². The lowest BCUT2D eigenvalue weighted by molar-refractivity contribution is 0.0948. The number of likely N-dealkylation sites (N-methyl/N-ethyl adjacent to an activating group) is 1. The highest BCUT2D eigenvalue weighted by molar-refractivity contribution is 7.12. The molecule has 0 unspecified atom stereocenters. The number of hydrogen-bond donors (Lipinski definition) is 2. The number of rotatable bonds is 8. The molecule has 0 aliphatic heterocycles. The second-order valence-electron chi connectivity index (χ2n) is 5.29. The van der Waals surface area contributed by atoms with Gasteiger partial charge in [0.15, 0.2) is 0 Å². The normalized spacial score (nSPS) is 10.6. The fourth-order valence-corrected chi connectivity index (χ4v) is 2.89. The predicted octanol–water partition coefficient (Wildman–Crippen LogP) is 3.07. The molecular formula is C18H23N3O2S. The standard InChI is InChI=1S/C18H23N3O2S/c1-3-21(4-2)12-11-19-17(22)14-7-9-15(10-8-14)20-18(23)16-6-5-13-24-16/h5-10,13H,3-4,11-12H2,1-2H3,(H,19,22)(H,20,23). The molecule has 128 valence electrons. The van der Waals surface area contributed by atoms with Gasteiger partial charge in [0, 0.05) is 24.3 Å². The Morgan fingerprint density at radius 2 is 1.75 bits per heavy atom. The Balaban J connectivity index is 1.84. The summed E-state index contributed by atoms with van der Waals surface area (Å²) < 4.78 is 0. The molecule has 1 aromatic heterocycles. The molecular weight excluding hydrogens is 322 g/mol. The van der Waals surface area contributed by atoms with Crippen LogP contribution in [0, 0.1) is 0 Å². The summed E-state index contributed by atoms with van der Waals surface area (Å²) >= 11 is 1.39. The topological polar surface area (TPSA) is 61.4 Å². The van der Waals surface area contributed by atoms with Crippen LogP contribution < -0.4 is 10.6 Å². The van der Waals surface area contributed by atoms with Crippen molar-refractivity contribution in [2.45, 2.75) is 13.8 Å². The summed E-state index contributed by atoms with van der Waals surface area (Å²) in [6.45, 7) is 7.63. The number of carbonyl (C=O) groups is 2. The molecule has 0 radical (unpaired) electrons. The SMILES string of the molecule is CCN(CC)CCNC(=O)c1ccc(NC(=O)c2cccs2)cc1. The first-order chi connectivity index (χ1) is 11.6. The summed E-state index contributed by atoms with van der Waals surface area (Å²) in [6.07, 6.45) is 0. The van der Waals surface area contributed by atoms with E-state index >= 15 is 0 Å². The Labute approximate surface area is 146 Å². The first-order valence-corrected chi connectivity index (χ1v) is 8.97. The third-order valence-corrected chi connectivity index (χ3v) is 4.63. The zero-order valence-corrected chi connectivity index (χ0v) is 14.9. The predicted molar refractivity (Wildman–Crippen MR) is 98.8 cm³/mol. The number of amides is 2. The second kappa shape index (κ2) is 9.20. The van der Waals surface area contributed by atoms with Crippen molar-refractivity contribution < 1.29 is 9.59 Å². The second-order valence-corrected chi connectivity index (χ2v) is 6.24. The highest BCUT2D eigenvalue weighted by Gasteiger charge is 2.09. The minimum absolute atomic E-state index is 0.0988. The van der Waals surface area contributed by atoms with Crippen LogP contribution in [0.15, 0.2) is 41.8 Å². The molecule has 2 rings (SSSR count). The van der Waals surface area contributed by atoms with Crippen molar-refractivity contribution >= 4 is 28.8 Å². The van der Waals surface area contributed by atoms with E-state index in [1.807, 2.05) is 11.4 Å². The summed E-state index contributed by atoms with van der Waals surface area (Å²) in [5.74, 6) is -0.236. The summed E-state index contributed by atoms with van der Waals surface area (Å²) in [6, 6.07) is 10.5. The highest BCUT2D eigenvalue weighted by atomic mass is 32.1. The van der Waals surface area contributed by atoms with E-state index in [-0.39, 0.29) is 11.8 Å². The molecule has 24 heavy (non-hydrogen) atoms. The summed E-state index contributed by atoms with van der Waals surface area (Å²) in [7, 11) is 0. The third kappa shape index (κ3) is 5.18. The Morgan fingerprint density at radius 3 is 2.33 bits per heavy atom. The molecule has 0 aliphatic carbocycles. The first kappa shape index (κ1) is 18.2. The Bertz CT molecular complexity index is 649. The largest absolute Gasteiger partial charge is 0.351 e. The van der Waals surface area contributed by atoms with Crippen LogP contribution in [0.4, 0.5) is 5.69 Å². The molecule has 2 amide bonds. The van der Waals surface area contributed by atoms with Gasteiger partial charge in [0.05, 0.1) is 4.88 Å². The van der Waals surface area contributed by atoms with Gasteiger partial charge in [-0.25, -0.2) is 0 Å². The van der Waals surface area contributed by atoms with Crippen LogP contribution in [-0.4, -0.2) is 42.9 Å². The van der Waals surface area contributed by atoms with E-state index < -0.39 is 0 Å². The lowest BCUT2D eigenvalue weighted by Gasteiger charge is -2.17. The van der Waals surface area contributed by atoms with Crippen LogP contribution in [0.1, 0.15) is 33.9 Å². The molecule has 2 N–H and O–H groups in total. The highest BCUT2D eigenvalue weighted by Crippen LogP contribution is 2.14. The van der Waals surface area contributed by atoms with Crippen molar-refractivity contribution in [3.05, 3.63) is 52.2 Å². The molecule has 2 aromatic rings. The average Bonchev–Trinajstić information content (AvgIpc) is 3.14. The van der Waals surface area contributed by atoms with Gasteiger partial charge in [0.1, 0.15) is 0 Å². The quantitative estimate of drug-likeness (QED) is 0.773. The van der Waals surface area contributed by atoms with E-state index in [4.69, 9.17) is 0 Å². The van der Waals surface area contributed by atoms with Gasteiger partial charge in [0.2, 0.25) is 0 Å². The Hall–Kier alpha value is -2.18. The maximum absolute atomic E-state index is 12.1. The molecule has 0 saturated carbocycles. The van der Waals surface area contributed by atoms with E-state index in [0.717, 1.165) is 19.6 Å². The molecule has 0 bridgehead atoms. The van der Waals surface area contributed by atoms with Crippen molar-refractivity contribution in [3.63, 3.8) is 0 Å². The summed E-state index contributed by atoms with van der Waals surface area (Å²) in [5, 5.41) is 7.59. The first-order valence-electron chi connectivity index (χ1n) is 8.09. The smallest absolute Gasteiger partial charge is 0.265 e. The maximum Gasteiger partial charge on any atom is 0.265 e. The number of nitrogens with one attached hydrogen (secondary N) is 2. The fourth-order valence-electron chi connectivity index (χ4n) is 2.27. The Kier molecular flexibility index (Phi) is 6.96. The molecule has 0 spiro atoms. The molecule has 0 saturated heterocycles. The van der Waals surface area contributed by atoms with Gasteiger partial charge in [-0.3, -0.25) is 9.59 Å².